The number of benzene rings is 1. The van der Waals surface area contributed by atoms with Crippen molar-refractivity contribution in [1.82, 2.24) is 9.55 Å². The van der Waals surface area contributed by atoms with Crippen LogP contribution in [0.3, 0.4) is 0 Å². The standard InChI is InChI=1S/C25H23N3O4S/c1-15-9-8-12-18(26-15)21(30)20-17-13-14-19(29)27(16-10-6-5-7-11-16)22(17)33-23(20)28(24(31)32)25(2,3)4/h5-14H,1-4H3,(H,31,32). The molecule has 0 radical (unpaired) electrons. The molecule has 0 fully saturated rings. The Bertz CT molecular complexity index is 1430. The smallest absolute Gasteiger partial charge is 0.412 e. The third-order valence-corrected chi connectivity index (χ3v) is 6.33. The minimum Gasteiger partial charge on any atom is -0.465 e. The van der Waals surface area contributed by atoms with Gasteiger partial charge >= 0.3 is 6.09 Å². The Balaban J connectivity index is 2.11. The Hall–Kier alpha value is -3.78. The van der Waals surface area contributed by atoms with Crippen molar-refractivity contribution in [2.75, 3.05) is 4.90 Å². The minimum absolute atomic E-state index is 0.215. The van der Waals surface area contributed by atoms with Gasteiger partial charge < -0.3 is 5.11 Å². The molecular formula is C25H23N3O4S. The molecule has 1 aromatic carbocycles. The number of hydrogen-bond donors (Lipinski definition) is 1. The largest absolute Gasteiger partial charge is 0.465 e. The lowest BCUT2D eigenvalue weighted by atomic mass is 10.0. The van der Waals surface area contributed by atoms with Gasteiger partial charge in [-0.05, 0) is 58.0 Å². The number of thiophene rings is 1. The number of anilines is 1. The van der Waals surface area contributed by atoms with Crippen LogP contribution in [-0.4, -0.2) is 32.1 Å². The van der Waals surface area contributed by atoms with Gasteiger partial charge in [-0.15, -0.1) is 0 Å². The maximum atomic E-state index is 13.7. The quantitative estimate of drug-likeness (QED) is 0.418. The van der Waals surface area contributed by atoms with Gasteiger partial charge in [0.2, 0.25) is 5.78 Å². The monoisotopic (exact) mass is 461 g/mol. The van der Waals surface area contributed by atoms with Gasteiger partial charge in [-0.3, -0.25) is 19.1 Å². The van der Waals surface area contributed by atoms with Crippen molar-refractivity contribution in [1.29, 1.82) is 0 Å². The van der Waals surface area contributed by atoms with E-state index in [2.05, 4.69) is 4.98 Å². The van der Waals surface area contributed by atoms with Gasteiger partial charge in [0.1, 0.15) is 15.5 Å². The Morgan fingerprint density at radius 3 is 2.30 bits per heavy atom. The van der Waals surface area contributed by atoms with E-state index in [1.165, 1.54) is 15.5 Å². The number of nitrogens with zero attached hydrogens (tertiary/aromatic N) is 3. The first-order valence-electron chi connectivity index (χ1n) is 10.3. The SMILES string of the molecule is Cc1cccc(C(=O)c2c(N(C(=O)O)C(C)(C)C)sc3c2ccc(=O)n3-c2ccccc2)n1. The molecule has 0 aliphatic rings. The first kappa shape index (κ1) is 22.4. The van der Waals surface area contributed by atoms with E-state index >= 15 is 0 Å². The lowest BCUT2D eigenvalue weighted by Gasteiger charge is -2.32. The minimum atomic E-state index is -1.19. The summed E-state index contributed by atoms with van der Waals surface area (Å²) >= 11 is 1.11. The molecule has 4 rings (SSSR count). The molecular weight excluding hydrogens is 438 g/mol. The van der Waals surface area contributed by atoms with Crippen LogP contribution in [0.5, 0.6) is 0 Å². The molecule has 4 aromatic rings. The molecule has 0 saturated heterocycles. The van der Waals surface area contributed by atoms with Crippen molar-refractivity contribution in [2.24, 2.45) is 0 Å². The number of ketones is 1. The lowest BCUT2D eigenvalue weighted by molar-refractivity contribution is 0.103. The molecule has 0 saturated carbocycles. The van der Waals surface area contributed by atoms with Crippen molar-refractivity contribution >= 4 is 38.4 Å². The van der Waals surface area contributed by atoms with E-state index < -0.39 is 17.4 Å². The summed E-state index contributed by atoms with van der Waals surface area (Å²) in [5.41, 5.74) is 0.634. The number of hydrogen-bond acceptors (Lipinski definition) is 5. The lowest BCUT2D eigenvalue weighted by Crippen LogP contribution is -2.45. The molecule has 3 aromatic heterocycles. The van der Waals surface area contributed by atoms with Crippen LogP contribution < -0.4 is 10.5 Å². The molecule has 0 spiro atoms. The van der Waals surface area contributed by atoms with E-state index in [1.807, 2.05) is 18.2 Å². The van der Waals surface area contributed by atoms with Crippen LogP contribution in [0.25, 0.3) is 15.9 Å². The summed E-state index contributed by atoms with van der Waals surface area (Å²) < 4.78 is 1.51. The fraction of sp³-hybridized carbons (Fsp3) is 0.200. The van der Waals surface area contributed by atoms with Crippen LogP contribution in [0.2, 0.25) is 0 Å². The second kappa shape index (κ2) is 8.29. The Morgan fingerprint density at radius 1 is 1.00 bits per heavy atom. The van der Waals surface area contributed by atoms with Gasteiger partial charge in [0.15, 0.2) is 0 Å². The third-order valence-electron chi connectivity index (χ3n) is 5.15. The number of aromatic nitrogens is 2. The first-order chi connectivity index (χ1) is 15.6. The number of carbonyl (C=O) groups is 2. The van der Waals surface area contributed by atoms with Crippen molar-refractivity contribution in [3.8, 4) is 5.69 Å². The molecule has 1 N–H and O–H groups in total. The number of aryl methyl sites for hydroxylation is 1. The van der Waals surface area contributed by atoms with E-state index in [9.17, 15) is 19.5 Å². The summed E-state index contributed by atoms with van der Waals surface area (Å²) in [7, 11) is 0. The number of fused-ring (bicyclic) bond motifs is 1. The number of para-hydroxylation sites is 1. The van der Waals surface area contributed by atoms with Gasteiger partial charge in [0, 0.05) is 22.7 Å². The first-order valence-corrected chi connectivity index (χ1v) is 11.2. The van der Waals surface area contributed by atoms with Crippen LogP contribution in [-0.2, 0) is 0 Å². The average molecular weight is 462 g/mol. The number of amides is 1. The number of pyridine rings is 2. The maximum Gasteiger partial charge on any atom is 0.412 e. The topological polar surface area (TPSA) is 92.5 Å². The van der Waals surface area contributed by atoms with Crippen LogP contribution in [0.15, 0.2) is 65.5 Å². The highest BCUT2D eigenvalue weighted by atomic mass is 32.1. The molecule has 33 heavy (non-hydrogen) atoms. The zero-order valence-corrected chi connectivity index (χ0v) is 19.5. The van der Waals surface area contributed by atoms with E-state index in [0.717, 1.165) is 11.3 Å². The summed E-state index contributed by atoms with van der Waals surface area (Å²) in [6.45, 7) is 7.06. The van der Waals surface area contributed by atoms with Gasteiger partial charge in [-0.2, -0.15) is 0 Å². The molecule has 0 bridgehead atoms. The molecule has 0 aliphatic carbocycles. The number of carbonyl (C=O) groups excluding carboxylic acids is 1. The zero-order valence-electron chi connectivity index (χ0n) is 18.7. The maximum absolute atomic E-state index is 13.7. The molecule has 7 nitrogen and oxygen atoms in total. The van der Waals surface area contributed by atoms with E-state index in [1.54, 1.807) is 64.1 Å². The molecule has 8 heteroatoms. The molecule has 0 aliphatic heterocycles. The van der Waals surface area contributed by atoms with Crippen molar-refractivity contribution in [3.05, 3.63) is 88.0 Å². The molecule has 0 unspecified atom stereocenters. The van der Waals surface area contributed by atoms with E-state index in [0.29, 0.717) is 21.6 Å². The van der Waals surface area contributed by atoms with E-state index in [4.69, 9.17) is 0 Å². The predicted molar refractivity (Wildman–Crippen MR) is 130 cm³/mol. The van der Waals surface area contributed by atoms with Gasteiger partial charge in [-0.25, -0.2) is 9.78 Å². The fourth-order valence-corrected chi connectivity index (χ4v) is 5.24. The Morgan fingerprint density at radius 2 is 1.70 bits per heavy atom. The average Bonchev–Trinajstić information content (AvgIpc) is 3.10. The van der Waals surface area contributed by atoms with E-state index in [-0.39, 0.29) is 21.8 Å². The van der Waals surface area contributed by atoms with Crippen molar-refractivity contribution in [3.63, 3.8) is 0 Å². The summed E-state index contributed by atoms with van der Waals surface area (Å²) in [5.74, 6) is -0.395. The third kappa shape index (κ3) is 4.05. The van der Waals surface area contributed by atoms with Crippen LogP contribution in [0, 0.1) is 6.92 Å². The summed E-state index contributed by atoms with van der Waals surface area (Å²) in [6.07, 6.45) is -1.19. The highest BCUT2D eigenvalue weighted by molar-refractivity contribution is 7.23. The summed E-state index contributed by atoms with van der Waals surface area (Å²) in [4.78, 5) is 45.0. The van der Waals surface area contributed by atoms with Gasteiger partial charge in [-0.1, -0.05) is 35.6 Å². The second-order valence-corrected chi connectivity index (χ2v) is 9.60. The molecule has 1 amide bonds. The molecule has 3 heterocycles. The zero-order chi connectivity index (χ0) is 23.9. The number of carboxylic acid groups (broad SMARTS) is 1. The van der Waals surface area contributed by atoms with Crippen LogP contribution >= 0.6 is 11.3 Å². The van der Waals surface area contributed by atoms with Gasteiger partial charge in [0.25, 0.3) is 5.56 Å². The Kier molecular flexibility index (Phi) is 5.63. The predicted octanol–water partition coefficient (Wildman–Crippen LogP) is 5.27. The summed E-state index contributed by atoms with van der Waals surface area (Å²) in [5, 5.41) is 10.8. The molecule has 0 atom stereocenters. The molecule has 168 valence electrons. The fourth-order valence-electron chi connectivity index (χ4n) is 3.74. The highest BCUT2D eigenvalue weighted by Gasteiger charge is 2.35. The number of rotatable bonds is 4. The normalized spacial score (nSPS) is 11.5. The Labute approximate surface area is 194 Å². The van der Waals surface area contributed by atoms with Crippen LogP contribution in [0.4, 0.5) is 9.80 Å². The highest BCUT2D eigenvalue weighted by Crippen LogP contribution is 2.42. The van der Waals surface area contributed by atoms with Crippen LogP contribution in [0.1, 0.15) is 42.5 Å². The second-order valence-electron chi connectivity index (χ2n) is 8.63. The van der Waals surface area contributed by atoms with Crippen molar-refractivity contribution in [2.45, 2.75) is 33.2 Å². The van der Waals surface area contributed by atoms with Gasteiger partial charge in [0.05, 0.1) is 11.3 Å². The summed E-state index contributed by atoms with van der Waals surface area (Å²) in [6, 6.07) is 17.2. The van der Waals surface area contributed by atoms with Crippen molar-refractivity contribution < 1.29 is 14.7 Å².